The molecule has 0 atom stereocenters. The number of hydrogen-bond donors (Lipinski definition) is 1. The van der Waals surface area contributed by atoms with Crippen molar-refractivity contribution in [2.75, 3.05) is 6.61 Å². The van der Waals surface area contributed by atoms with Crippen molar-refractivity contribution in [2.24, 2.45) is 0 Å². The second kappa shape index (κ2) is 9.73. The summed E-state index contributed by atoms with van der Waals surface area (Å²) in [5, 5.41) is 8.56. The van der Waals surface area contributed by atoms with Crippen LogP contribution in [0.4, 0.5) is 0 Å². The molecule has 0 aliphatic carbocycles. The molecular formula is C12H18O4. The van der Waals surface area contributed by atoms with E-state index in [0.717, 1.165) is 6.26 Å². The fourth-order valence-electron chi connectivity index (χ4n) is 0.562. The van der Waals surface area contributed by atoms with Crippen LogP contribution < -0.4 is 0 Å². The van der Waals surface area contributed by atoms with Gasteiger partial charge >= 0.3 is 0 Å². The van der Waals surface area contributed by atoms with E-state index in [1.54, 1.807) is 0 Å². The molecule has 0 spiro atoms. The predicted molar refractivity (Wildman–Crippen MR) is 63.2 cm³/mol. The summed E-state index contributed by atoms with van der Waals surface area (Å²) < 4.78 is 9.39. The zero-order valence-corrected chi connectivity index (χ0v) is 9.78. The van der Waals surface area contributed by atoms with Gasteiger partial charge in [0.2, 0.25) is 0 Å². The van der Waals surface area contributed by atoms with Crippen LogP contribution in [0.5, 0.6) is 0 Å². The summed E-state index contributed by atoms with van der Waals surface area (Å²) in [5.74, 6) is -0.958. The molecule has 0 amide bonds. The Hall–Kier alpha value is -1.81. The fraction of sp³-hybridized carbons (Fsp3) is 0.250. The van der Waals surface area contributed by atoms with Crippen molar-refractivity contribution >= 4 is 5.78 Å². The van der Waals surface area contributed by atoms with Gasteiger partial charge in [0.15, 0.2) is 11.5 Å². The van der Waals surface area contributed by atoms with Crippen molar-refractivity contribution in [3.63, 3.8) is 0 Å². The van der Waals surface area contributed by atoms with E-state index in [4.69, 9.17) is 9.84 Å². The molecule has 16 heavy (non-hydrogen) atoms. The molecule has 0 heterocycles. The van der Waals surface area contributed by atoms with Crippen LogP contribution in [0, 0.1) is 0 Å². The van der Waals surface area contributed by atoms with Crippen LogP contribution in [0.1, 0.15) is 13.8 Å². The van der Waals surface area contributed by atoms with E-state index >= 15 is 0 Å². The van der Waals surface area contributed by atoms with Gasteiger partial charge in [-0.2, -0.15) is 0 Å². The lowest BCUT2D eigenvalue weighted by Crippen LogP contribution is -2.09. The highest BCUT2D eigenvalue weighted by Crippen LogP contribution is 2.09. The molecule has 0 saturated carbocycles. The molecular weight excluding hydrogens is 208 g/mol. The molecule has 0 unspecified atom stereocenters. The van der Waals surface area contributed by atoms with E-state index in [1.165, 1.54) is 0 Å². The van der Waals surface area contributed by atoms with E-state index in [1.807, 2.05) is 13.8 Å². The Morgan fingerprint density at radius 3 is 2.12 bits per heavy atom. The molecule has 0 rings (SSSR count). The van der Waals surface area contributed by atoms with Crippen LogP contribution in [0.3, 0.4) is 0 Å². The highest BCUT2D eigenvalue weighted by atomic mass is 16.5. The molecule has 0 aromatic carbocycles. The van der Waals surface area contributed by atoms with Gasteiger partial charge in [-0.3, -0.25) is 4.79 Å². The molecule has 1 N–H and O–H groups in total. The first kappa shape index (κ1) is 16.6. The smallest absolute Gasteiger partial charge is 0.261 e. The van der Waals surface area contributed by atoms with Crippen molar-refractivity contribution in [1.29, 1.82) is 0 Å². The highest BCUT2D eigenvalue weighted by molar-refractivity contribution is 6.04. The van der Waals surface area contributed by atoms with Crippen LogP contribution in [0.2, 0.25) is 0 Å². The second-order valence-electron chi connectivity index (χ2n) is 2.26. The molecule has 0 bridgehead atoms. The minimum absolute atomic E-state index is 0.0229. The lowest BCUT2D eigenvalue weighted by molar-refractivity contribution is -0.117. The third kappa shape index (κ3) is 6.62. The molecule has 0 aromatic rings. The number of Topliss-reactive ketones (excluding diaryl/α,β-unsaturated/α-hetero) is 1. The summed E-state index contributed by atoms with van der Waals surface area (Å²) in [6, 6.07) is 0. The van der Waals surface area contributed by atoms with Crippen LogP contribution in [0.25, 0.3) is 0 Å². The quantitative estimate of drug-likeness (QED) is 0.534. The molecule has 0 fully saturated rings. The zero-order chi connectivity index (χ0) is 13.1. The van der Waals surface area contributed by atoms with Gasteiger partial charge in [0.1, 0.15) is 12.4 Å². The summed E-state index contributed by atoms with van der Waals surface area (Å²) in [6.07, 6.45) is 1.06. The number of carbonyl (C=O) groups is 1. The number of carbonyl (C=O) groups excluding carboxylic acids is 1. The average Bonchev–Trinajstić information content (AvgIpc) is 2.30. The van der Waals surface area contributed by atoms with E-state index < -0.39 is 5.78 Å². The largest absolute Gasteiger partial charge is 0.462 e. The molecule has 4 nitrogen and oxygen atoms in total. The van der Waals surface area contributed by atoms with Crippen LogP contribution >= 0.6 is 0 Å². The van der Waals surface area contributed by atoms with Gasteiger partial charge in [-0.25, -0.2) is 0 Å². The maximum absolute atomic E-state index is 11.3. The van der Waals surface area contributed by atoms with Crippen molar-refractivity contribution in [3.8, 4) is 0 Å². The Morgan fingerprint density at radius 1 is 1.25 bits per heavy atom. The van der Waals surface area contributed by atoms with Gasteiger partial charge in [-0.1, -0.05) is 40.2 Å². The molecule has 0 saturated heterocycles. The Morgan fingerprint density at radius 2 is 1.75 bits per heavy atom. The van der Waals surface area contributed by atoms with Gasteiger partial charge in [0, 0.05) is 0 Å². The van der Waals surface area contributed by atoms with E-state index in [-0.39, 0.29) is 23.9 Å². The van der Waals surface area contributed by atoms with Gasteiger partial charge < -0.3 is 14.6 Å². The summed E-state index contributed by atoms with van der Waals surface area (Å²) >= 11 is 0. The third-order valence-corrected chi connectivity index (χ3v) is 1.18. The normalized spacial score (nSPS) is 7.94. The van der Waals surface area contributed by atoms with E-state index in [9.17, 15) is 4.79 Å². The zero-order valence-electron chi connectivity index (χ0n) is 9.78. The lowest BCUT2D eigenvalue weighted by Gasteiger charge is -2.08. The minimum atomic E-state index is -0.612. The van der Waals surface area contributed by atoms with E-state index in [2.05, 4.69) is 31.1 Å². The summed E-state index contributed by atoms with van der Waals surface area (Å²) in [6.45, 7) is 16.8. The van der Waals surface area contributed by atoms with Gasteiger partial charge in [0.05, 0.1) is 6.26 Å². The highest BCUT2D eigenvalue weighted by Gasteiger charge is 2.14. The summed E-state index contributed by atoms with van der Waals surface area (Å²) in [7, 11) is 0. The second-order valence-corrected chi connectivity index (χ2v) is 2.26. The maximum Gasteiger partial charge on any atom is 0.261 e. The van der Waals surface area contributed by atoms with E-state index in [0.29, 0.717) is 0 Å². The maximum atomic E-state index is 11.3. The predicted octanol–water partition coefficient (Wildman–Crippen LogP) is 2.29. The van der Waals surface area contributed by atoms with Gasteiger partial charge in [0.25, 0.3) is 5.78 Å². The van der Waals surface area contributed by atoms with Crippen molar-refractivity contribution in [3.05, 3.63) is 49.9 Å². The molecule has 0 aliphatic heterocycles. The standard InChI is InChI=1S/C10H12O4.C2H6/c1-5-13-8(3)10(12)9(4)14-7(2)6-11;1-2/h5,11H,1-4,6H2;1-2H3. The number of ether oxygens (including phenoxy) is 2. The monoisotopic (exact) mass is 226 g/mol. The first-order chi connectivity index (χ1) is 7.52. The summed E-state index contributed by atoms with van der Waals surface area (Å²) in [4.78, 5) is 11.3. The lowest BCUT2D eigenvalue weighted by atomic mass is 10.3. The fourth-order valence-corrected chi connectivity index (χ4v) is 0.562. The third-order valence-electron chi connectivity index (χ3n) is 1.18. The Bertz CT molecular complexity index is 289. The number of ketones is 1. The van der Waals surface area contributed by atoms with Crippen molar-refractivity contribution in [1.82, 2.24) is 0 Å². The number of aliphatic hydroxyl groups is 1. The molecule has 0 radical (unpaired) electrons. The van der Waals surface area contributed by atoms with Crippen LogP contribution in [0.15, 0.2) is 49.9 Å². The van der Waals surface area contributed by atoms with Gasteiger partial charge in [-0.05, 0) is 0 Å². The number of aliphatic hydroxyl groups excluding tert-OH is 1. The molecule has 0 aliphatic rings. The van der Waals surface area contributed by atoms with Crippen molar-refractivity contribution in [2.45, 2.75) is 13.8 Å². The Kier molecular flexibility index (Phi) is 10.1. The van der Waals surface area contributed by atoms with Crippen molar-refractivity contribution < 1.29 is 19.4 Å². The SMILES string of the molecule is C=COC(=C)C(=O)C(=C)OC(=C)CO.CC. The molecule has 4 heteroatoms. The topological polar surface area (TPSA) is 55.8 Å². The summed E-state index contributed by atoms with van der Waals surface area (Å²) in [5.41, 5.74) is 0. The minimum Gasteiger partial charge on any atom is -0.462 e. The first-order valence-electron chi connectivity index (χ1n) is 4.69. The van der Waals surface area contributed by atoms with Crippen LogP contribution in [-0.4, -0.2) is 17.5 Å². The average molecular weight is 226 g/mol. The molecule has 0 aromatic heterocycles. The molecule has 90 valence electrons. The Balaban J connectivity index is 0. The number of hydrogen-bond acceptors (Lipinski definition) is 4. The first-order valence-corrected chi connectivity index (χ1v) is 4.69. The number of rotatable bonds is 7. The Labute approximate surface area is 96.2 Å². The van der Waals surface area contributed by atoms with Gasteiger partial charge in [-0.15, -0.1) is 0 Å². The van der Waals surface area contributed by atoms with Crippen LogP contribution in [-0.2, 0) is 14.3 Å².